The fourth-order valence-electron chi connectivity index (χ4n) is 2.11. The van der Waals surface area contributed by atoms with Crippen molar-refractivity contribution in [2.45, 2.75) is 20.0 Å². The molecule has 0 saturated heterocycles. The van der Waals surface area contributed by atoms with Crippen LogP contribution in [0.25, 0.3) is 6.08 Å². The fourth-order valence-corrected chi connectivity index (χ4v) is 2.11. The van der Waals surface area contributed by atoms with E-state index < -0.39 is 5.97 Å². The van der Waals surface area contributed by atoms with Gasteiger partial charge in [0.1, 0.15) is 11.3 Å². The summed E-state index contributed by atoms with van der Waals surface area (Å²) in [6.07, 6.45) is 1.24. The molecule has 2 rings (SSSR count). The summed E-state index contributed by atoms with van der Waals surface area (Å²) >= 11 is 0. The number of ketones is 1. The normalized spacial score (nSPS) is 11.2. The zero-order chi connectivity index (χ0) is 17.5. The Morgan fingerprint density at radius 3 is 2.12 bits per heavy atom. The lowest BCUT2D eigenvalue weighted by Crippen LogP contribution is -2.19. The first-order valence-electron chi connectivity index (χ1n) is 7.67. The molecule has 2 aromatic carbocycles. The van der Waals surface area contributed by atoms with Crippen LogP contribution in [0.1, 0.15) is 29.8 Å². The highest BCUT2D eigenvalue weighted by molar-refractivity contribution is 6.26. The number of carbonyl (C=O) groups excluding carboxylic acids is 2. The molecule has 0 fully saturated rings. The van der Waals surface area contributed by atoms with Crippen LogP contribution in [-0.4, -0.2) is 25.0 Å². The SMILES string of the molecule is COc1ccc(C=C(C(=O)OC(C)C)C(=O)c2ccccc2)cc1. The van der Waals surface area contributed by atoms with E-state index in [0.29, 0.717) is 11.3 Å². The molecule has 24 heavy (non-hydrogen) atoms. The number of hydrogen-bond acceptors (Lipinski definition) is 4. The smallest absolute Gasteiger partial charge is 0.342 e. The Labute approximate surface area is 141 Å². The van der Waals surface area contributed by atoms with Crippen molar-refractivity contribution >= 4 is 17.8 Å². The average molecular weight is 324 g/mol. The van der Waals surface area contributed by atoms with E-state index in [0.717, 1.165) is 5.56 Å². The van der Waals surface area contributed by atoms with Gasteiger partial charge in [-0.2, -0.15) is 0 Å². The van der Waals surface area contributed by atoms with E-state index in [9.17, 15) is 9.59 Å². The minimum absolute atomic E-state index is 0.0000619. The van der Waals surface area contributed by atoms with Crippen molar-refractivity contribution in [3.05, 3.63) is 71.3 Å². The van der Waals surface area contributed by atoms with Crippen LogP contribution in [0.2, 0.25) is 0 Å². The summed E-state index contributed by atoms with van der Waals surface area (Å²) in [5.41, 5.74) is 1.16. The molecule has 0 N–H and O–H groups in total. The molecule has 0 spiro atoms. The topological polar surface area (TPSA) is 52.6 Å². The summed E-state index contributed by atoms with van der Waals surface area (Å²) in [6.45, 7) is 3.49. The van der Waals surface area contributed by atoms with Gasteiger partial charge in [0.25, 0.3) is 0 Å². The van der Waals surface area contributed by atoms with Gasteiger partial charge in [-0.3, -0.25) is 4.79 Å². The molecule has 0 bridgehead atoms. The maximum Gasteiger partial charge on any atom is 0.342 e. The number of carbonyl (C=O) groups is 2. The molecule has 2 aromatic rings. The quantitative estimate of drug-likeness (QED) is 0.266. The number of esters is 1. The summed E-state index contributed by atoms with van der Waals surface area (Å²) in [6, 6.07) is 15.8. The van der Waals surface area contributed by atoms with Gasteiger partial charge >= 0.3 is 5.97 Å². The van der Waals surface area contributed by atoms with Crippen LogP contribution in [0.5, 0.6) is 5.75 Å². The lowest BCUT2D eigenvalue weighted by molar-refractivity contribution is -0.142. The van der Waals surface area contributed by atoms with Crippen LogP contribution >= 0.6 is 0 Å². The third-order valence-corrected chi connectivity index (χ3v) is 3.27. The molecule has 4 heteroatoms. The first kappa shape index (κ1) is 17.5. The largest absolute Gasteiger partial charge is 0.497 e. The molecule has 0 radical (unpaired) electrons. The number of Topliss-reactive ketones (excluding diaryl/α,β-unsaturated/α-hetero) is 1. The van der Waals surface area contributed by atoms with E-state index >= 15 is 0 Å². The molecule has 0 aliphatic carbocycles. The fraction of sp³-hybridized carbons (Fsp3) is 0.200. The van der Waals surface area contributed by atoms with Crippen molar-refractivity contribution in [2.75, 3.05) is 7.11 Å². The van der Waals surface area contributed by atoms with Crippen molar-refractivity contribution in [1.29, 1.82) is 0 Å². The van der Waals surface area contributed by atoms with E-state index in [1.54, 1.807) is 75.6 Å². The van der Waals surface area contributed by atoms with Crippen LogP contribution in [0.4, 0.5) is 0 Å². The summed E-state index contributed by atoms with van der Waals surface area (Å²) in [7, 11) is 1.58. The summed E-state index contributed by atoms with van der Waals surface area (Å²) in [5.74, 6) is -0.292. The number of ether oxygens (including phenoxy) is 2. The second-order valence-electron chi connectivity index (χ2n) is 5.48. The highest BCUT2D eigenvalue weighted by Crippen LogP contribution is 2.18. The Morgan fingerprint density at radius 1 is 0.958 bits per heavy atom. The van der Waals surface area contributed by atoms with E-state index in [1.165, 1.54) is 0 Å². The molecule has 0 unspecified atom stereocenters. The van der Waals surface area contributed by atoms with Gasteiger partial charge in [0.15, 0.2) is 5.78 Å². The van der Waals surface area contributed by atoms with Crippen LogP contribution in [-0.2, 0) is 9.53 Å². The molecular formula is C20H20O4. The second-order valence-corrected chi connectivity index (χ2v) is 5.48. The van der Waals surface area contributed by atoms with Gasteiger partial charge in [-0.05, 0) is 37.6 Å². The predicted molar refractivity (Wildman–Crippen MR) is 93.0 cm³/mol. The Hall–Kier alpha value is -2.88. The average Bonchev–Trinajstić information content (AvgIpc) is 2.59. The van der Waals surface area contributed by atoms with Gasteiger partial charge in [0.2, 0.25) is 0 Å². The van der Waals surface area contributed by atoms with E-state index in [-0.39, 0.29) is 17.5 Å². The van der Waals surface area contributed by atoms with Crippen molar-refractivity contribution in [2.24, 2.45) is 0 Å². The van der Waals surface area contributed by atoms with Crippen molar-refractivity contribution in [3.63, 3.8) is 0 Å². The third-order valence-electron chi connectivity index (χ3n) is 3.27. The third kappa shape index (κ3) is 4.56. The highest BCUT2D eigenvalue weighted by atomic mass is 16.5. The zero-order valence-corrected chi connectivity index (χ0v) is 14.0. The number of rotatable bonds is 6. The monoisotopic (exact) mass is 324 g/mol. The molecule has 0 saturated carbocycles. The van der Waals surface area contributed by atoms with Crippen LogP contribution < -0.4 is 4.74 Å². The number of benzene rings is 2. The van der Waals surface area contributed by atoms with Crippen molar-refractivity contribution in [1.82, 2.24) is 0 Å². The van der Waals surface area contributed by atoms with Gasteiger partial charge in [-0.25, -0.2) is 4.79 Å². The van der Waals surface area contributed by atoms with Crippen LogP contribution in [0, 0.1) is 0 Å². The standard InChI is InChI=1S/C20H20O4/c1-14(2)24-20(22)18(19(21)16-7-5-4-6-8-16)13-15-9-11-17(23-3)12-10-15/h4-14H,1-3H3. The highest BCUT2D eigenvalue weighted by Gasteiger charge is 2.22. The van der Waals surface area contributed by atoms with Gasteiger partial charge in [-0.1, -0.05) is 42.5 Å². The minimum Gasteiger partial charge on any atom is -0.497 e. The van der Waals surface area contributed by atoms with Crippen LogP contribution in [0.3, 0.4) is 0 Å². The van der Waals surface area contributed by atoms with Crippen molar-refractivity contribution < 1.29 is 19.1 Å². The number of hydrogen-bond donors (Lipinski definition) is 0. The molecule has 0 aliphatic rings. The Morgan fingerprint density at radius 2 is 1.58 bits per heavy atom. The van der Waals surface area contributed by atoms with E-state index in [1.807, 2.05) is 6.07 Å². The van der Waals surface area contributed by atoms with Gasteiger partial charge in [-0.15, -0.1) is 0 Å². The molecule has 0 aromatic heterocycles. The van der Waals surface area contributed by atoms with E-state index in [4.69, 9.17) is 9.47 Å². The maximum absolute atomic E-state index is 12.7. The summed E-state index contributed by atoms with van der Waals surface area (Å²) < 4.78 is 10.3. The van der Waals surface area contributed by atoms with Crippen molar-refractivity contribution in [3.8, 4) is 5.75 Å². The minimum atomic E-state index is -0.630. The Bertz CT molecular complexity index is 728. The predicted octanol–water partition coefficient (Wildman–Crippen LogP) is 3.91. The van der Waals surface area contributed by atoms with E-state index in [2.05, 4.69) is 0 Å². The first-order chi connectivity index (χ1) is 11.5. The van der Waals surface area contributed by atoms with Gasteiger partial charge < -0.3 is 9.47 Å². The molecule has 0 aliphatic heterocycles. The van der Waals surface area contributed by atoms with Gasteiger partial charge in [0, 0.05) is 5.56 Å². The molecule has 4 nitrogen and oxygen atoms in total. The Balaban J connectivity index is 2.39. The summed E-state index contributed by atoms with van der Waals surface area (Å²) in [5, 5.41) is 0. The lowest BCUT2D eigenvalue weighted by Gasteiger charge is -2.11. The molecule has 0 atom stereocenters. The second kappa shape index (κ2) is 8.11. The number of methoxy groups -OCH3 is 1. The maximum atomic E-state index is 12.7. The van der Waals surface area contributed by atoms with Crippen LogP contribution in [0.15, 0.2) is 60.2 Å². The Kier molecular flexibility index (Phi) is 5.90. The van der Waals surface area contributed by atoms with Gasteiger partial charge in [0.05, 0.1) is 13.2 Å². The first-order valence-corrected chi connectivity index (χ1v) is 7.67. The molecule has 124 valence electrons. The lowest BCUT2D eigenvalue weighted by atomic mass is 10.0. The molecule has 0 amide bonds. The summed E-state index contributed by atoms with van der Waals surface area (Å²) in [4.78, 5) is 25.1. The zero-order valence-electron chi connectivity index (χ0n) is 14.0. The molecular weight excluding hydrogens is 304 g/mol. The molecule has 0 heterocycles.